The average molecular weight is 398 g/mol. The lowest BCUT2D eigenvalue weighted by Gasteiger charge is -2.55. The molecule has 3 aromatic rings. The molecule has 1 spiro atoms. The molecular weight excluding hydrogens is 376 g/mol. The molecule has 5 heteroatoms. The van der Waals surface area contributed by atoms with Crippen LogP contribution in [-0.4, -0.2) is 10.6 Å². The second kappa shape index (κ2) is 6.08. The van der Waals surface area contributed by atoms with Gasteiger partial charge in [-0.3, -0.25) is 10.1 Å². The van der Waals surface area contributed by atoms with E-state index in [0.717, 1.165) is 37.0 Å². The Labute approximate surface area is 175 Å². The molecule has 3 aromatic carbocycles. The van der Waals surface area contributed by atoms with Gasteiger partial charge in [0.15, 0.2) is 5.72 Å². The van der Waals surface area contributed by atoms with E-state index in [2.05, 4.69) is 59.5 Å². The highest BCUT2D eigenvalue weighted by Gasteiger charge is 2.66. The predicted molar refractivity (Wildman–Crippen MR) is 115 cm³/mol. The zero-order chi connectivity index (χ0) is 20.3. The van der Waals surface area contributed by atoms with Gasteiger partial charge in [-0.05, 0) is 36.1 Å². The van der Waals surface area contributed by atoms with Crippen LogP contribution in [0.3, 0.4) is 0 Å². The quantitative estimate of drug-likeness (QED) is 0.419. The van der Waals surface area contributed by atoms with Crippen LogP contribution in [0.1, 0.15) is 42.4 Å². The first-order chi connectivity index (χ1) is 14.7. The van der Waals surface area contributed by atoms with E-state index in [4.69, 9.17) is 4.74 Å². The van der Waals surface area contributed by atoms with Crippen LogP contribution in [0.4, 0.5) is 11.4 Å². The number of rotatable bonds is 2. The Kier molecular flexibility index (Phi) is 3.55. The molecule has 2 aliphatic heterocycles. The van der Waals surface area contributed by atoms with Crippen LogP contribution in [-0.2, 0) is 12.0 Å². The van der Waals surface area contributed by atoms with Gasteiger partial charge in [-0.15, -0.1) is 0 Å². The van der Waals surface area contributed by atoms with E-state index in [1.165, 1.54) is 16.8 Å². The number of nitro benzene ring substituents is 1. The van der Waals surface area contributed by atoms with Gasteiger partial charge < -0.3 is 9.64 Å². The second-order valence-electron chi connectivity index (χ2n) is 8.52. The Balaban J connectivity index is 1.62. The Morgan fingerprint density at radius 1 is 0.933 bits per heavy atom. The van der Waals surface area contributed by atoms with Crippen LogP contribution in [0.2, 0.25) is 0 Å². The Morgan fingerprint density at radius 3 is 2.53 bits per heavy atom. The van der Waals surface area contributed by atoms with E-state index in [1.807, 2.05) is 0 Å². The molecule has 5 nitrogen and oxygen atoms in total. The minimum absolute atomic E-state index is 0.110. The van der Waals surface area contributed by atoms with Gasteiger partial charge in [-0.1, -0.05) is 55.0 Å². The summed E-state index contributed by atoms with van der Waals surface area (Å²) in [6, 6.07) is 24.3. The second-order valence-corrected chi connectivity index (χ2v) is 8.52. The number of nitro groups is 1. The number of anilines is 1. The summed E-state index contributed by atoms with van der Waals surface area (Å²) in [5, 5.41) is 11.3. The summed E-state index contributed by atoms with van der Waals surface area (Å²) in [7, 11) is 0. The fourth-order valence-electron chi connectivity index (χ4n) is 6.05. The molecule has 150 valence electrons. The predicted octanol–water partition coefficient (Wildman–Crippen LogP) is 5.56. The van der Waals surface area contributed by atoms with Crippen molar-refractivity contribution in [2.45, 2.75) is 43.4 Å². The van der Waals surface area contributed by atoms with Gasteiger partial charge in [-0.25, -0.2) is 0 Å². The van der Waals surface area contributed by atoms with Gasteiger partial charge in [0.25, 0.3) is 5.69 Å². The third-order valence-electron chi connectivity index (χ3n) is 7.20. The first-order valence-electron chi connectivity index (χ1n) is 10.5. The van der Waals surface area contributed by atoms with Crippen LogP contribution in [0.15, 0.2) is 72.8 Å². The molecule has 2 heterocycles. The molecule has 0 amide bonds. The largest absolute Gasteiger partial charge is 0.466 e. The summed E-state index contributed by atoms with van der Waals surface area (Å²) >= 11 is 0. The summed E-state index contributed by atoms with van der Waals surface area (Å²) < 4.78 is 6.93. The van der Waals surface area contributed by atoms with Gasteiger partial charge in [-0.2, -0.15) is 0 Å². The van der Waals surface area contributed by atoms with Crippen molar-refractivity contribution in [3.8, 4) is 5.75 Å². The van der Waals surface area contributed by atoms with Crippen molar-refractivity contribution in [1.82, 2.24) is 0 Å². The summed E-state index contributed by atoms with van der Waals surface area (Å²) in [5.74, 6) is 0.770. The van der Waals surface area contributed by atoms with Crippen molar-refractivity contribution >= 4 is 11.4 Å². The Bertz CT molecular complexity index is 1160. The molecule has 0 radical (unpaired) electrons. The SMILES string of the molecule is O=[N+]([O-])c1ccc2c(c1)CN1c3ccccc3C3(c4ccccc4)CCCCC13O2. The number of hydrogen-bond acceptors (Lipinski definition) is 4. The summed E-state index contributed by atoms with van der Waals surface area (Å²) in [6.07, 6.45) is 4.19. The maximum atomic E-state index is 11.3. The van der Waals surface area contributed by atoms with Gasteiger partial charge in [0.2, 0.25) is 0 Å². The van der Waals surface area contributed by atoms with Crippen molar-refractivity contribution in [1.29, 1.82) is 0 Å². The number of para-hydroxylation sites is 1. The lowest BCUT2D eigenvalue weighted by atomic mass is 9.61. The summed E-state index contributed by atoms with van der Waals surface area (Å²) in [5.41, 5.74) is 3.98. The number of fused-ring (bicyclic) bond motifs is 4. The maximum absolute atomic E-state index is 11.3. The monoisotopic (exact) mass is 398 g/mol. The molecule has 6 rings (SSSR count). The van der Waals surface area contributed by atoms with Crippen molar-refractivity contribution in [2.24, 2.45) is 0 Å². The first-order valence-corrected chi connectivity index (χ1v) is 10.5. The summed E-state index contributed by atoms with van der Waals surface area (Å²) in [4.78, 5) is 13.4. The molecule has 1 fully saturated rings. The van der Waals surface area contributed by atoms with E-state index in [0.29, 0.717) is 6.54 Å². The number of non-ortho nitro benzene ring substituents is 1. The lowest BCUT2D eigenvalue weighted by molar-refractivity contribution is -0.385. The zero-order valence-corrected chi connectivity index (χ0v) is 16.6. The van der Waals surface area contributed by atoms with Crippen molar-refractivity contribution in [3.05, 3.63) is 99.6 Å². The number of nitrogens with zero attached hydrogens (tertiary/aromatic N) is 2. The lowest BCUT2D eigenvalue weighted by Crippen LogP contribution is -2.65. The molecule has 3 aliphatic rings. The van der Waals surface area contributed by atoms with Crippen LogP contribution >= 0.6 is 0 Å². The van der Waals surface area contributed by atoms with E-state index in [-0.39, 0.29) is 16.0 Å². The molecule has 30 heavy (non-hydrogen) atoms. The summed E-state index contributed by atoms with van der Waals surface area (Å²) in [6.45, 7) is 0.614. The molecule has 2 atom stereocenters. The Morgan fingerprint density at radius 2 is 1.70 bits per heavy atom. The van der Waals surface area contributed by atoms with Crippen LogP contribution in [0.25, 0.3) is 0 Å². The third-order valence-corrected chi connectivity index (χ3v) is 7.20. The van der Waals surface area contributed by atoms with E-state index < -0.39 is 5.72 Å². The third kappa shape index (κ3) is 2.07. The Hall–Kier alpha value is -3.34. The van der Waals surface area contributed by atoms with Crippen LogP contribution in [0.5, 0.6) is 5.75 Å². The topological polar surface area (TPSA) is 55.6 Å². The van der Waals surface area contributed by atoms with Gasteiger partial charge in [0.05, 0.1) is 16.9 Å². The highest BCUT2D eigenvalue weighted by Crippen LogP contribution is 2.63. The highest BCUT2D eigenvalue weighted by atomic mass is 16.6. The number of ether oxygens (including phenoxy) is 1. The van der Waals surface area contributed by atoms with E-state index in [1.54, 1.807) is 18.2 Å². The fraction of sp³-hybridized carbons (Fsp3) is 0.280. The van der Waals surface area contributed by atoms with Crippen molar-refractivity contribution in [2.75, 3.05) is 4.90 Å². The van der Waals surface area contributed by atoms with Crippen LogP contribution in [0, 0.1) is 10.1 Å². The number of benzene rings is 3. The molecule has 0 N–H and O–H groups in total. The minimum Gasteiger partial charge on any atom is -0.466 e. The minimum atomic E-state index is -0.514. The van der Waals surface area contributed by atoms with Gasteiger partial charge in [0.1, 0.15) is 5.75 Å². The highest BCUT2D eigenvalue weighted by molar-refractivity contribution is 5.72. The normalized spacial score (nSPS) is 26.1. The van der Waals surface area contributed by atoms with Crippen LogP contribution < -0.4 is 9.64 Å². The number of hydrogen-bond donors (Lipinski definition) is 0. The fourth-order valence-corrected chi connectivity index (χ4v) is 6.05. The maximum Gasteiger partial charge on any atom is 0.270 e. The average Bonchev–Trinajstić information content (AvgIpc) is 3.05. The molecule has 0 aromatic heterocycles. The zero-order valence-electron chi connectivity index (χ0n) is 16.6. The standard InChI is InChI=1S/C25H22N2O3/c28-27(29)20-12-13-23-18(16-20)17-26-22-11-5-4-10-21(22)24(19-8-2-1-3-9-19)14-6-7-15-25(24,26)30-23/h1-5,8-13,16H,6-7,14-15,17H2. The van der Waals surface area contributed by atoms with E-state index >= 15 is 0 Å². The van der Waals surface area contributed by atoms with Gasteiger partial charge >= 0.3 is 0 Å². The van der Waals surface area contributed by atoms with Gasteiger partial charge in [0, 0.05) is 29.8 Å². The van der Waals surface area contributed by atoms with Crippen molar-refractivity contribution < 1.29 is 9.66 Å². The molecule has 1 saturated carbocycles. The van der Waals surface area contributed by atoms with Crippen molar-refractivity contribution in [3.63, 3.8) is 0 Å². The molecule has 0 saturated heterocycles. The first kappa shape index (κ1) is 17.5. The molecule has 1 aliphatic carbocycles. The molecule has 0 bridgehead atoms. The van der Waals surface area contributed by atoms with E-state index in [9.17, 15) is 10.1 Å². The molecule has 2 unspecified atom stereocenters. The smallest absolute Gasteiger partial charge is 0.270 e. The molecular formula is C25H22N2O3.